The molecule has 0 heterocycles. The fourth-order valence-corrected chi connectivity index (χ4v) is 4.14. The van der Waals surface area contributed by atoms with Gasteiger partial charge < -0.3 is 9.84 Å². The molecule has 1 aromatic rings. The van der Waals surface area contributed by atoms with Gasteiger partial charge in [0.15, 0.2) is 0 Å². The third kappa shape index (κ3) is 20.7. The Hall–Kier alpha value is -1.51. The number of hydrogen-bond donors (Lipinski definition) is 1. The molecule has 1 rings (SSSR count). The molecule has 0 aromatic heterocycles. The van der Waals surface area contributed by atoms with Gasteiger partial charge >= 0.3 is 5.97 Å². The van der Waals surface area contributed by atoms with E-state index in [-0.39, 0.29) is 5.92 Å². The average Bonchev–Trinajstić information content (AvgIpc) is 2.90. The number of hydrogen-bond acceptors (Lipinski definition) is 2. The first-order valence-electron chi connectivity index (χ1n) is 15.4. The summed E-state index contributed by atoms with van der Waals surface area (Å²) in [6, 6.07) is 8.70. The Kier molecular flexibility index (Phi) is 24.1. The van der Waals surface area contributed by atoms with Gasteiger partial charge in [-0.3, -0.25) is 4.79 Å². The van der Waals surface area contributed by atoms with Crippen molar-refractivity contribution in [3.63, 3.8) is 0 Å². The quantitative estimate of drug-likeness (QED) is 0.160. The highest BCUT2D eigenvalue weighted by Gasteiger charge is 2.05. The largest absolute Gasteiger partial charge is 0.494 e. The van der Waals surface area contributed by atoms with Gasteiger partial charge in [-0.15, -0.1) is 0 Å². The summed E-state index contributed by atoms with van der Waals surface area (Å²) >= 11 is 0. The lowest BCUT2D eigenvalue weighted by Crippen LogP contribution is -2.06. The zero-order chi connectivity index (χ0) is 26.9. The second-order valence-corrected chi connectivity index (χ2v) is 10.7. The van der Waals surface area contributed by atoms with Crippen LogP contribution in [0.25, 0.3) is 0 Å². The zero-order valence-corrected chi connectivity index (χ0v) is 24.7. The van der Waals surface area contributed by atoms with Crippen LogP contribution in [0, 0.1) is 5.92 Å². The van der Waals surface area contributed by atoms with Crippen LogP contribution in [0.4, 0.5) is 0 Å². The van der Waals surface area contributed by atoms with Crippen LogP contribution in [-0.2, 0) is 4.79 Å². The number of carbonyl (C=O) groups is 1. The van der Waals surface area contributed by atoms with Gasteiger partial charge in [0.1, 0.15) is 5.75 Å². The van der Waals surface area contributed by atoms with Crippen LogP contribution in [0.15, 0.2) is 24.3 Å². The van der Waals surface area contributed by atoms with E-state index in [1.54, 1.807) is 6.92 Å². The van der Waals surface area contributed by atoms with Crippen LogP contribution in [0.5, 0.6) is 5.75 Å². The molecule has 3 heteroatoms. The molecular formula is C33H60O3. The molecule has 2 atom stereocenters. The fraction of sp³-hybridized carbons (Fsp3) is 0.788. The maximum Gasteiger partial charge on any atom is 0.306 e. The maximum atomic E-state index is 9.93. The van der Waals surface area contributed by atoms with Crippen LogP contribution in [-0.4, -0.2) is 17.7 Å². The monoisotopic (exact) mass is 504 g/mol. The lowest BCUT2D eigenvalue weighted by atomic mass is 9.99. The van der Waals surface area contributed by atoms with E-state index in [0.717, 1.165) is 18.8 Å². The van der Waals surface area contributed by atoms with Gasteiger partial charge in [-0.25, -0.2) is 0 Å². The van der Waals surface area contributed by atoms with Gasteiger partial charge in [0.05, 0.1) is 12.5 Å². The molecular weight excluding hydrogens is 444 g/mol. The summed E-state index contributed by atoms with van der Waals surface area (Å²) in [5.41, 5.74) is 1.42. The number of carboxylic acids is 1. The molecule has 0 amide bonds. The number of carboxylic acid groups (broad SMARTS) is 1. The van der Waals surface area contributed by atoms with E-state index in [1.807, 2.05) is 6.92 Å². The fourth-order valence-electron chi connectivity index (χ4n) is 4.14. The Morgan fingerprint density at radius 1 is 0.667 bits per heavy atom. The van der Waals surface area contributed by atoms with Crippen molar-refractivity contribution in [2.75, 3.05) is 6.61 Å². The van der Waals surface area contributed by atoms with E-state index < -0.39 is 5.97 Å². The second-order valence-electron chi connectivity index (χ2n) is 10.7. The minimum absolute atomic E-state index is 0.181. The van der Waals surface area contributed by atoms with Crippen molar-refractivity contribution >= 4 is 5.97 Å². The molecule has 0 spiro atoms. The van der Waals surface area contributed by atoms with Gasteiger partial charge in [0, 0.05) is 0 Å². The summed E-state index contributed by atoms with van der Waals surface area (Å²) < 4.78 is 5.89. The summed E-state index contributed by atoms with van der Waals surface area (Å²) in [6.45, 7) is 11.2. The van der Waals surface area contributed by atoms with Gasteiger partial charge in [-0.1, -0.05) is 143 Å². The molecule has 0 fully saturated rings. The van der Waals surface area contributed by atoms with Crippen molar-refractivity contribution in [1.29, 1.82) is 0 Å². The van der Waals surface area contributed by atoms with E-state index >= 15 is 0 Å². The van der Waals surface area contributed by atoms with Gasteiger partial charge in [-0.05, 0) is 42.9 Å². The highest BCUT2D eigenvalue weighted by molar-refractivity contribution is 5.69. The molecule has 0 aliphatic carbocycles. The van der Waals surface area contributed by atoms with E-state index in [1.165, 1.54) is 115 Å². The van der Waals surface area contributed by atoms with E-state index in [9.17, 15) is 4.79 Å². The summed E-state index contributed by atoms with van der Waals surface area (Å²) in [6.07, 6.45) is 24.5. The smallest absolute Gasteiger partial charge is 0.306 e. The summed E-state index contributed by atoms with van der Waals surface area (Å²) in [5, 5.41) is 8.18. The molecule has 1 N–H and O–H groups in total. The molecule has 0 aliphatic rings. The Balaban J connectivity index is 0.00000152. The lowest BCUT2D eigenvalue weighted by Gasteiger charge is -2.10. The van der Waals surface area contributed by atoms with Crippen molar-refractivity contribution in [1.82, 2.24) is 0 Å². The van der Waals surface area contributed by atoms with Crippen molar-refractivity contribution in [3.05, 3.63) is 29.8 Å². The average molecular weight is 505 g/mol. The molecule has 36 heavy (non-hydrogen) atoms. The summed E-state index contributed by atoms with van der Waals surface area (Å²) in [4.78, 5) is 9.93. The first kappa shape index (κ1) is 34.5. The Labute approximate surface area is 224 Å². The molecule has 0 saturated heterocycles. The second kappa shape index (κ2) is 25.2. The Bertz CT molecular complexity index is 595. The third-order valence-electron chi connectivity index (χ3n) is 7.36. The minimum Gasteiger partial charge on any atom is -0.494 e. The number of rotatable bonds is 22. The standard InChI is InChI=1S/C28H50O.C5H10O2/c1-4-6-7-8-9-10-11-12-13-14-15-16-17-18-19-20-25-29-28-23-21-27(22-24-28)26(3)5-2;1-3-4(2)5(6)7/h21-24,26H,4-20,25H2,1-3H3;4H,3H2,1-2H3,(H,6,7). The minimum atomic E-state index is -0.706. The van der Waals surface area contributed by atoms with Gasteiger partial charge in [0.25, 0.3) is 0 Å². The first-order valence-corrected chi connectivity index (χ1v) is 15.4. The predicted molar refractivity (Wildman–Crippen MR) is 157 cm³/mol. The predicted octanol–water partition coefficient (Wildman–Crippen LogP) is 11.0. The van der Waals surface area contributed by atoms with Crippen LogP contribution in [0.1, 0.15) is 162 Å². The molecule has 0 bridgehead atoms. The van der Waals surface area contributed by atoms with Gasteiger partial charge in [-0.2, -0.15) is 0 Å². The van der Waals surface area contributed by atoms with Crippen LogP contribution < -0.4 is 4.74 Å². The summed E-state index contributed by atoms with van der Waals surface area (Å²) in [7, 11) is 0. The molecule has 0 aliphatic heterocycles. The zero-order valence-electron chi connectivity index (χ0n) is 24.7. The maximum absolute atomic E-state index is 9.93. The molecule has 210 valence electrons. The molecule has 0 radical (unpaired) electrons. The SMILES string of the molecule is CCC(C)C(=O)O.CCCCCCCCCCCCCCCCCCOc1ccc(C(C)CC)cc1. The highest BCUT2D eigenvalue weighted by Crippen LogP contribution is 2.21. The van der Waals surface area contributed by atoms with E-state index in [4.69, 9.17) is 9.84 Å². The van der Waals surface area contributed by atoms with E-state index in [2.05, 4.69) is 45.0 Å². The highest BCUT2D eigenvalue weighted by atomic mass is 16.5. The third-order valence-corrected chi connectivity index (χ3v) is 7.36. The first-order chi connectivity index (χ1) is 17.5. The number of aliphatic carboxylic acids is 1. The van der Waals surface area contributed by atoms with E-state index in [0.29, 0.717) is 5.92 Å². The van der Waals surface area contributed by atoms with Crippen LogP contribution in [0.3, 0.4) is 0 Å². The van der Waals surface area contributed by atoms with Crippen molar-refractivity contribution in [2.24, 2.45) is 5.92 Å². The Morgan fingerprint density at radius 2 is 1.08 bits per heavy atom. The molecule has 2 unspecified atom stereocenters. The number of ether oxygens (including phenoxy) is 1. The van der Waals surface area contributed by atoms with Gasteiger partial charge in [0.2, 0.25) is 0 Å². The van der Waals surface area contributed by atoms with Crippen LogP contribution >= 0.6 is 0 Å². The molecule has 1 aromatic carbocycles. The van der Waals surface area contributed by atoms with Crippen molar-refractivity contribution < 1.29 is 14.6 Å². The number of benzene rings is 1. The molecule has 3 nitrogen and oxygen atoms in total. The Morgan fingerprint density at radius 3 is 1.42 bits per heavy atom. The van der Waals surface area contributed by atoms with Crippen molar-refractivity contribution in [3.8, 4) is 5.75 Å². The van der Waals surface area contributed by atoms with Crippen LogP contribution in [0.2, 0.25) is 0 Å². The lowest BCUT2D eigenvalue weighted by molar-refractivity contribution is -0.141. The normalized spacial score (nSPS) is 12.5. The summed E-state index contributed by atoms with van der Waals surface area (Å²) in [5.74, 6) is 0.782. The molecule has 0 saturated carbocycles. The van der Waals surface area contributed by atoms with Crippen molar-refractivity contribution in [2.45, 2.75) is 156 Å². The topological polar surface area (TPSA) is 46.5 Å². The number of unbranched alkanes of at least 4 members (excludes halogenated alkanes) is 15.